The third kappa shape index (κ3) is 2.44. The van der Waals surface area contributed by atoms with Crippen molar-refractivity contribution in [2.45, 2.75) is 12.3 Å². The van der Waals surface area contributed by atoms with Gasteiger partial charge in [-0.05, 0) is 30.2 Å². The van der Waals surface area contributed by atoms with Crippen molar-refractivity contribution in [3.8, 4) is 5.75 Å². The van der Waals surface area contributed by atoms with Crippen LogP contribution in [0.25, 0.3) is 11.8 Å². The fourth-order valence-electron chi connectivity index (χ4n) is 3.78. The molecule has 1 atom stereocenters. The summed E-state index contributed by atoms with van der Waals surface area (Å²) in [5, 5.41) is 12.3. The number of fused-ring (bicyclic) bond motifs is 2. The molecule has 1 unspecified atom stereocenters. The predicted molar refractivity (Wildman–Crippen MR) is 107 cm³/mol. The van der Waals surface area contributed by atoms with Gasteiger partial charge in [0.15, 0.2) is 5.75 Å². The van der Waals surface area contributed by atoms with E-state index in [2.05, 4.69) is 21.5 Å². The number of guanidine groups is 1. The van der Waals surface area contributed by atoms with E-state index in [-0.39, 0.29) is 21.7 Å². The SMILES string of the molecule is NC1=NC=C2C=Cc3c[nH]c4c3C(=CCC4c3cc(Cl)c(O)c(Cl)c3)N2N1. The molecule has 0 saturated heterocycles. The standard InChI is InChI=1S/C19H15Cl2N5O/c20-13-5-10(6-14(21)18(13)27)12-3-4-15-16-9(7-23-17(12)16)1-2-11-8-24-19(22)25-26(11)15/h1-2,4-8,12,23,27H,3H2,(H3,22,24,25). The van der Waals surface area contributed by atoms with Gasteiger partial charge in [-0.3, -0.25) is 10.4 Å². The van der Waals surface area contributed by atoms with Gasteiger partial charge in [-0.15, -0.1) is 0 Å². The summed E-state index contributed by atoms with van der Waals surface area (Å²) in [5.74, 6) is 0.292. The van der Waals surface area contributed by atoms with Crippen LogP contribution >= 0.6 is 23.2 Å². The highest BCUT2D eigenvalue weighted by molar-refractivity contribution is 6.37. The number of hydrogen-bond acceptors (Lipinski definition) is 5. The van der Waals surface area contributed by atoms with Gasteiger partial charge in [-0.2, -0.15) is 0 Å². The fourth-order valence-corrected chi connectivity index (χ4v) is 4.29. The molecule has 0 saturated carbocycles. The third-order valence-electron chi connectivity index (χ3n) is 5.03. The zero-order valence-corrected chi connectivity index (χ0v) is 15.5. The zero-order chi connectivity index (χ0) is 18.7. The van der Waals surface area contributed by atoms with E-state index in [0.29, 0.717) is 5.96 Å². The second kappa shape index (κ2) is 5.84. The molecule has 0 bridgehead atoms. The lowest BCUT2D eigenvalue weighted by Gasteiger charge is -2.33. The first-order valence-electron chi connectivity index (χ1n) is 8.41. The van der Waals surface area contributed by atoms with Gasteiger partial charge in [-0.25, -0.2) is 4.99 Å². The largest absolute Gasteiger partial charge is 0.505 e. The summed E-state index contributed by atoms with van der Waals surface area (Å²) in [7, 11) is 0. The summed E-state index contributed by atoms with van der Waals surface area (Å²) < 4.78 is 0. The number of rotatable bonds is 1. The van der Waals surface area contributed by atoms with Crippen molar-refractivity contribution in [2.24, 2.45) is 10.7 Å². The molecule has 1 aromatic carbocycles. The normalized spacial score (nSPS) is 20.0. The van der Waals surface area contributed by atoms with Gasteiger partial charge in [0.05, 0.1) is 27.6 Å². The number of aliphatic imine (C=N–C) groups is 1. The van der Waals surface area contributed by atoms with E-state index in [1.54, 1.807) is 18.3 Å². The number of phenols is 1. The van der Waals surface area contributed by atoms with Crippen LogP contribution < -0.4 is 11.2 Å². The average molecular weight is 400 g/mol. The first-order chi connectivity index (χ1) is 13.0. The maximum atomic E-state index is 9.87. The molecule has 0 amide bonds. The van der Waals surface area contributed by atoms with Gasteiger partial charge in [-0.1, -0.05) is 35.4 Å². The average Bonchev–Trinajstić information content (AvgIpc) is 3.01. The molecule has 5 N–H and O–H groups in total. The van der Waals surface area contributed by atoms with Crippen molar-refractivity contribution >= 4 is 40.9 Å². The first-order valence-corrected chi connectivity index (χ1v) is 9.16. The van der Waals surface area contributed by atoms with Crippen LogP contribution in [0.1, 0.15) is 34.7 Å². The van der Waals surface area contributed by atoms with Gasteiger partial charge in [0.25, 0.3) is 0 Å². The minimum Gasteiger partial charge on any atom is -0.505 e. The van der Waals surface area contributed by atoms with Crippen LogP contribution in [-0.2, 0) is 0 Å². The number of H-pyrrole nitrogens is 1. The summed E-state index contributed by atoms with van der Waals surface area (Å²) in [4.78, 5) is 7.55. The van der Waals surface area contributed by atoms with Gasteiger partial charge < -0.3 is 15.8 Å². The summed E-state index contributed by atoms with van der Waals surface area (Å²) in [5.41, 5.74) is 15.1. The van der Waals surface area contributed by atoms with E-state index in [4.69, 9.17) is 28.9 Å². The van der Waals surface area contributed by atoms with Crippen LogP contribution in [0.3, 0.4) is 0 Å². The van der Waals surface area contributed by atoms with Crippen LogP contribution in [0.15, 0.2) is 47.4 Å². The quantitative estimate of drug-likeness (QED) is 0.585. The number of hydrogen-bond donors (Lipinski definition) is 4. The second-order valence-electron chi connectivity index (χ2n) is 6.59. The molecule has 0 spiro atoms. The van der Waals surface area contributed by atoms with Crippen molar-refractivity contribution < 1.29 is 5.11 Å². The third-order valence-corrected chi connectivity index (χ3v) is 5.61. The summed E-state index contributed by atoms with van der Waals surface area (Å²) in [6.07, 6.45) is 10.7. The van der Waals surface area contributed by atoms with Crippen molar-refractivity contribution in [2.75, 3.05) is 0 Å². The van der Waals surface area contributed by atoms with Crippen molar-refractivity contribution in [3.05, 3.63) is 74.8 Å². The number of hydrazine groups is 1. The molecule has 0 radical (unpaired) electrons. The van der Waals surface area contributed by atoms with E-state index in [9.17, 15) is 5.11 Å². The lowest BCUT2D eigenvalue weighted by Crippen LogP contribution is -2.46. The number of halogens is 2. The molecule has 8 heteroatoms. The van der Waals surface area contributed by atoms with E-state index < -0.39 is 0 Å². The number of aromatic hydroxyl groups is 1. The molecule has 3 heterocycles. The Labute approximate surface area is 165 Å². The molecular weight excluding hydrogens is 385 g/mol. The Hall–Kier alpha value is -2.83. The summed E-state index contributed by atoms with van der Waals surface area (Å²) in [6, 6.07) is 3.53. The molecule has 5 rings (SSSR count). The van der Waals surface area contributed by atoms with Crippen LogP contribution in [0, 0.1) is 0 Å². The lowest BCUT2D eigenvalue weighted by atomic mass is 9.84. The minimum atomic E-state index is -0.0931. The molecular formula is C19H15Cl2N5O. The number of nitrogens with zero attached hydrogens (tertiary/aromatic N) is 2. The molecule has 1 aliphatic carbocycles. The van der Waals surface area contributed by atoms with Gasteiger partial charge in [0.1, 0.15) is 0 Å². The number of phenolic OH excluding ortho intramolecular Hbond substituents is 1. The van der Waals surface area contributed by atoms with Crippen LogP contribution in [0.5, 0.6) is 5.75 Å². The van der Waals surface area contributed by atoms with Gasteiger partial charge >= 0.3 is 0 Å². The van der Waals surface area contributed by atoms with Crippen molar-refractivity contribution in [1.29, 1.82) is 0 Å². The van der Waals surface area contributed by atoms with Crippen LogP contribution in [-0.4, -0.2) is 21.1 Å². The summed E-state index contributed by atoms with van der Waals surface area (Å²) >= 11 is 12.3. The molecule has 0 fully saturated rings. The van der Waals surface area contributed by atoms with E-state index in [0.717, 1.165) is 40.2 Å². The maximum Gasteiger partial charge on any atom is 0.212 e. The number of benzene rings is 1. The Balaban J connectivity index is 1.64. The van der Waals surface area contributed by atoms with Crippen molar-refractivity contribution in [1.82, 2.24) is 15.4 Å². The van der Waals surface area contributed by atoms with E-state index in [1.807, 2.05) is 23.4 Å². The molecule has 27 heavy (non-hydrogen) atoms. The zero-order valence-electron chi connectivity index (χ0n) is 14.0. The Bertz CT molecular complexity index is 1070. The molecule has 2 aromatic rings. The number of nitrogens with two attached hydrogens (primary N) is 1. The van der Waals surface area contributed by atoms with Crippen LogP contribution in [0.4, 0.5) is 0 Å². The molecule has 6 nitrogen and oxygen atoms in total. The summed E-state index contributed by atoms with van der Waals surface area (Å²) in [6.45, 7) is 0. The molecule has 2 aliphatic heterocycles. The number of nitrogens with one attached hydrogen (secondary N) is 2. The van der Waals surface area contributed by atoms with E-state index in [1.165, 1.54) is 0 Å². The monoisotopic (exact) mass is 399 g/mol. The maximum absolute atomic E-state index is 9.87. The highest BCUT2D eigenvalue weighted by Crippen LogP contribution is 2.45. The Morgan fingerprint density at radius 1 is 1.22 bits per heavy atom. The molecule has 3 aliphatic rings. The van der Waals surface area contributed by atoms with Crippen molar-refractivity contribution in [3.63, 3.8) is 0 Å². The lowest BCUT2D eigenvalue weighted by molar-refractivity contribution is 0.439. The number of aromatic nitrogens is 1. The Morgan fingerprint density at radius 2 is 2.00 bits per heavy atom. The second-order valence-corrected chi connectivity index (χ2v) is 7.41. The topological polar surface area (TPSA) is 89.7 Å². The Kier molecular flexibility index (Phi) is 3.54. The van der Waals surface area contributed by atoms with Crippen LogP contribution in [0.2, 0.25) is 10.0 Å². The van der Waals surface area contributed by atoms with E-state index >= 15 is 0 Å². The minimum absolute atomic E-state index is 0.0443. The Morgan fingerprint density at radius 3 is 2.78 bits per heavy atom. The number of aromatic amines is 1. The number of allylic oxidation sites excluding steroid dienone is 2. The van der Waals surface area contributed by atoms with Gasteiger partial charge in [0.2, 0.25) is 5.96 Å². The molecule has 136 valence electrons. The highest BCUT2D eigenvalue weighted by Gasteiger charge is 2.33. The smallest absolute Gasteiger partial charge is 0.212 e. The predicted octanol–water partition coefficient (Wildman–Crippen LogP) is 3.91. The molecule has 1 aromatic heterocycles. The van der Waals surface area contributed by atoms with Gasteiger partial charge in [0, 0.05) is 28.9 Å². The first kappa shape index (κ1) is 16.4. The fraction of sp³-hybridized carbons (Fsp3) is 0.105. The highest BCUT2D eigenvalue weighted by atomic mass is 35.5.